The number of hydrogen-bond donors (Lipinski definition) is 1. The molecule has 1 amide bonds. The molecule has 0 aliphatic carbocycles. The molecule has 2 aromatic carbocycles. The Morgan fingerprint density at radius 1 is 1.06 bits per heavy atom. The van der Waals surface area contributed by atoms with Crippen molar-refractivity contribution >= 4 is 17.7 Å². The largest absolute Gasteiger partial charge is 0.461 e. The minimum atomic E-state index is -0.128. The first kappa shape index (κ1) is 21.1. The summed E-state index contributed by atoms with van der Waals surface area (Å²) in [5.74, 6) is 3.37. The maximum atomic E-state index is 12.7. The van der Waals surface area contributed by atoms with Crippen LogP contribution in [0.2, 0.25) is 0 Å². The van der Waals surface area contributed by atoms with Crippen LogP contribution in [0.5, 0.6) is 11.5 Å². The van der Waals surface area contributed by atoms with Gasteiger partial charge in [0.15, 0.2) is 28.2 Å². The van der Waals surface area contributed by atoms with Crippen LogP contribution in [0.4, 0.5) is 0 Å². The zero-order valence-electron chi connectivity index (χ0n) is 18.0. The Kier molecular flexibility index (Phi) is 6.03. The number of thioether (sulfide) groups is 1. The van der Waals surface area contributed by atoms with Gasteiger partial charge in [0.25, 0.3) is 5.91 Å². The smallest absolute Gasteiger partial charge is 0.251 e. The molecule has 0 radical (unpaired) electrons. The van der Waals surface area contributed by atoms with Crippen molar-refractivity contribution in [2.24, 2.45) is 0 Å². The van der Waals surface area contributed by atoms with E-state index in [4.69, 9.17) is 13.9 Å². The van der Waals surface area contributed by atoms with Gasteiger partial charge in [0, 0.05) is 24.4 Å². The van der Waals surface area contributed by atoms with E-state index in [-0.39, 0.29) is 12.7 Å². The van der Waals surface area contributed by atoms with Gasteiger partial charge in [0.05, 0.1) is 6.26 Å². The lowest BCUT2D eigenvalue weighted by molar-refractivity contribution is 0.0950. The number of hydrogen-bond acceptors (Lipinski definition) is 7. The fraction of sp³-hybridized carbons (Fsp3) is 0.208. The van der Waals surface area contributed by atoms with Crippen LogP contribution in [0, 0.1) is 0 Å². The number of furan rings is 1. The van der Waals surface area contributed by atoms with Gasteiger partial charge in [-0.1, -0.05) is 30.0 Å². The molecule has 0 saturated heterocycles. The maximum absolute atomic E-state index is 12.7. The average Bonchev–Trinajstić information content (AvgIpc) is 3.61. The molecule has 1 aliphatic heterocycles. The van der Waals surface area contributed by atoms with Gasteiger partial charge in [-0.2, -0.15) is 0 Å². The summed E-state index contributed by atoms with van der Waals surface area (Å²) in [7, 11) is 0. The number of nitrogens with one attached hydrogen (secondary N) is 1. The summed E-state index contributed by atoms with van der Waals surface area (Å²) in [6.45, 7) is 3.41. The first-order valence-electron chi connectivity index (χ1n) is 10.6. The van der Waals surface area contributed by atoms with Crippen LogP contribution >= 0.6 is 11.8 Å². The molecule has 5 rings (SSSR count). The third-order valence-electron chi connectivity index (χ3n) is 5.22. The number of nitrogens with zero attached hydrogens (tertiary/aromatic N) is 3. The predicted octanol–water partition coefficient (Wildman–Crippen LogP) is 4.51. The first-order valence-corrected chi connectivity index (χ1v) is 11.6. The van der Waals surface area contributed by atoms with Crippen LogP contribution in [0.1, 0.15) is 28.4 Å². The number of ether oxygens (including phenoxy) is 2. The van der Waals surface area contributed by atoms with Crippen molar-refractivity contribution < 1.29 is 18.7 Å². The van der Waals surface area contributed by atoms with Crippen molar-refractivity contribution in [2.75, 3.05) is 6.79 Å². The van der Waals surface area contributed by atoms with Crippen LogP contribution < -0.4 is 14.8 Å². The summed E-state index contributed by atoms with van der Waals surface area (Å²) in [6, 6.07) is 17.0. The Morgan fingerprint density at radius 3 is 2.82 bits per heavy atom. The summed E-state index contributed by atoms with van der Waals surface area (Å²) in [5, 5.41) is 12.4. The molecular weight excluding hydrogens is 440 g/mol. The summed E-state index contributed by atoms with van der Waals surface area (Å²) in [4.78, 5) is 12.7. The van der Waals surface area contributed by atoms with Crippen LogP contribution in [0.3, 0.4) is 0 Å². The van der Waals surface area contributed by atoms with E-state index in [0.717, 1.165) is 28.6 Å². The topological polar surface area (TPSA) is 91.4 Å². The molecule has 9 heteroatoms. The molecule has 0 unspecified atom stereocenters. The van der Waals surface area contributed by atoms with Gasteiger partial charge in [-0.05, 0) is 54.4 Å². The van der Waals surface area contributed by atoms with E-state index >= 15 is 0 Å². The third kappa shape index (κ3) is 4.58. The Bertz CT molecular complexity index is 1270. The van der Waals surface area contributed by atoms with E-state index in [9.17, 15) is 4.79 Å². The number of fused-ring (bicyclic) bond motifs is 1. The van der Waals surface area contributed by atoms with Gasteiger partial charge in [-0.15, -0.1) is 10.2 Å². The quantitative estimate of drug-likeness (QED) is 0.385. The Hall–Kier alpha value is -3.72. The molecule has 2 aromatic heterocycles. The van der Waals surface area contributed by atoms with Gasteiger partial charge < -0.3 is 19.2 Å². The van der Waals surface area contributed by atoms with Gasteiger partial charge in [-0.3, -0.25) is 9.36 Å². The lowest BCUT2D eigenvalue weighted by Crippen LogP contribution is -2.22. The minimum absolute atomic E-state index is 0.128. The summed E-state index contributed by atoms with van der Waals surface area (Å²) < 4.78 is 18.2. The molecule has 1 aliphatic rings. The standard InChI is InChI=1S/C24H22N4O4S/c1-2-28-22(20-7-4-10-30-20)26-27-24(28)33-14-17-5-3-6-18(11-17)23(29)25-13-16-8-9-19-21(12-16)32-15-31-19/h3-12H,2,13-15H2,1H3,(H,25,29). The second-order valence-electron chi connectivity index (χ2n) is 7.39. The fourth-order valence-corrected chi connectivity index (χ4v) is 4.50. The number of carbonyl (C=O) groups excluding carboxylic acids is 1. The third-order valence-corrected chi connectivity index (χ3v) is 6.26. The SMILES string of the molecule is CCn1c(SCc2cccc(C(=O)NCc3ccc4c(c3)OCO4)c2)nnc1-c1ccco1. The zero-order valence-corrected chi connectivity index (χ0v) is 18.8. The molecule has 4 aromatic rings. The van der Waals surface area contributed by atoms with Crippen LogP contribution in [0.25, 0.3) is 11.6 Å². The van der Waals surface area contributed by atoms with E-state index in [2.05, 4.69) is 15.5 Å². The lowest BCUT2D eigenvalue weighted by atomic mass is 10.1. The van der Waals surface area contributed by atoms with Crippen molar-refractivity contribution in [3.63, 3.8) is 0 Å². The van der Waals surface area contributed by atoms with E-state index in [1.165, 1.54) is 0 Å². The molecule has 0 spiro atoms. The monoisotopic (exact) mass is 462 g/mol. The normalized spacial score (nSPS) is 12.2. The molecule has 0 saturated carbocycles. The fourth-order valence-electron chi connectivity index (χ4n) is 3.55. The van der Waals surface area contributed by atoms with Crippen LogP contribution in [-0.4, -0.2) is 27.5 Å². The summed E-state index contributed by atoms with van der Waals surface area (Å²) in [5.41, 5.74) is 2.59. The van der Waals surface area contributed by atoms with Gasteiger partial charge in [0.1, 0.15) is 0 Å². The van der Waals surface area contributed by atoms with Crippen LogP contribution in [0.15, 0.2) is 70.4 Å². The minimum Gasteiger partial charge on any atom is -0.461 e. The lowest BCUT2D eigenvalue weighted by Gasteiger charge is -2.09. The van der Waals surface area contributed by atoms with Crippen LogP contribution in [-0.2, 0) is 18.8 Å². The highest BCUT2D eigenvalue weighted by atomic mass is 32.2. The average molecular weight is 463 g/mol. The van der Waals surface area contributed by atoms with E-state index in [0.29, 0.717) is 35.2 Å². The molecule has 168 valence electrons. The molecule has 3 heterocycles. The molecular formula is C24H22N4O4S. The van der Waals surface area contributed by atoms with Gasteiger partial charge in [0.2, 0.25) is 6.79 Å². The first-order chi connectivity index (χ1) is 16.2. The highest BCUT2D eigenvalue weighted by Crippen LogP contribution is 2.32. The second kappa shape index (κ2) is 9.41. The molecule has 33 heavy (non-hydrogen) atoms. The Labute approximate surface area is 194 Å². The molecule has 0 fully saturated rings. The van der Waals surface area contributed by atoms with Crippen molar-refractivity contribution in [1.82, 2.24) is 20.1 Å². The molecule has 0 atom stereocenters. The molecule has 1 N–H and O–H groups in total. The van der Waals surface area contributed by atoms with Gasteiger partial charge >= 0.3 is 0 Å². The number of carbonyl (C=O) groups is 1. The van der Waals surface area contributed by atoms with E-state index in [1.54, 1.807) is 18.0 Å². The highest BCUT2D eigenvalue weighted by Gasteiger charge is 2.16. The van der Waals surface area contributed by atoms with E-state index < -0.39 is 0 Å². The number of aromatic nitrogens is 3. The van der Waals surface area contributed by atoms with E-state index in [1.807, 2.05) is 66.1 Å². The maximum Gasteiger partial charge on any atom is 0.251 e. The van der Waals surface area contributed by atoms with Gasteiger partial charge in [-0.25, -0.2) is 0 Å². The zero-order chi connectivity index (χ0) is 22.6. The Balaban J connectivity index is 1.22. The van der Waals surface area contributed by atoms with Crippen molar-refractivity contribution in [3.8, 4) is 23.1 Å². The summed E-state index contributed by atoms with van der Waals surface area (Å²) >= 11 is 1.58. The number of amides is 1. The predicted molar refractivity (Wildman–Crippen MR) is 123 cm³/mol. The van der Waals surface area contributed by atoms with Crippen molar-refractivity contribution in [1.29, 1.82) is 0 Å². The second-order valence-corrected chi connectivity index (χ2v) is 8.33. The van der Waals surface area contributed by atoms with Crippen molar-refractivity contribution in [2.45, 2.75) is 30.9 Å². The van der Waals surface area contributed by atoms with Crippen molar-refractivity contribution in [3.05, 3.63) is 77.6 Å². The summed E-state index contributed by atoms with van der Waals surface area (Å²) in [6.07, 6.45) is 1.62. The highest BCUT2D eigenvalue weighted by molar-refractivity contribution is 7.98. The number of benzene rings is 2. The number of rotatable bonds is 8. The Morgan fingerprint density at radius 2 is 1.97 bits per heavy atom. The molecule has 8 nitrogen and oxygen atoms in total. The molecule has 0 bridgehead atoms.